The molecule has 5 rings (SSSR count). The van der Waals surface area contributed by atoms with Crippen LogP contribution in [0.1, 0.15) is 57.4 Å². The van der Waals surface area contributed by atoms with Crippen LogP contribution in [0.2, 0.25) is 0 Å². The van der Waals surface area contributed by atoms with Gasteiger partial charge >= 0.3 is 5.97 Å². The van der Waals surface area contributed by atoms with Crippen molar-refractivity contribution in [2.24, 2.45) is 4.99 Å². The number of ether oxygens (including phenoxy) is 2. The van der Waals surface area contributed by atoms with Crippen LogP contribution < -0.4 is 19.6 Å². The third kappa shape index (κ3) is 4.83. The van der Waals surface area contributed by atoms with E-state index in [1.165, 1.54) is 16.9 Å². The number of methoxy groups -OCH3 is 1. The predicted octanol–water partition coefficient (Wildman–Crippen LogP) is 5.26. The number of aromatic nitrogens is 1. The molecule has 1 aliphatic rings. The zero-order valence-electron chi connectivity index (χ0n) is 23.1. The van der Waals surface area contributed by atoms with Gasteiger partial charge in [0.25, 0.3) is 5.56 Å². The minimum Gasteiger partial charge on any atom is -0.496 e. The number of fused-ring (bicyclic) bond motifs is 2. The van der Waals surface area contributed by atoms with Gasteiger partial charge in [-0.2, -0.15) is 0 Å². The summed E-state index contributed by atoms with van der Waals surface area (Å²) >= 11 is 1.32. The zero-order chi connectivity index (χ0) is 27.9. The Morgan fingerprint density at radius 1 is 1.08 bits per heavy atom. The first-order valence-corrected chi connectivity index (χ1v) is 13.8. The normalized spacial score (nSPS) is 15.7. The van der Waals surface area contributed by atoms with Crippen molar-refractivity contribution in [1.29, 1.82) is 0 Å². The Kier molecular flexibility index (Phi) is 7.03. The van der Waals surface area contributed by atoms with E-state index in [4.69, 9.17) is 14.5 Å². The molecule has 1 aliphatic heterocycles. The molecule has 200 valence electrons. The molecule has 0 spiro atoms. The molecular formula is C32H32N2O4S. The fourth-order valence-corrected chi connectivity index (χ4v) is 6.08. The van der Waals surface area contributed by atoms with Gasteiger partial charge in [-0.15, -0.1) is 0 Å². The van der Waals surface area contributed by atoms with Crippen molar-refractivity contribution in [2.45, 2.75) is 46.1 Å². The molecule has 2 heterocycles. The number of carbonyl (C=O) groups is 1. The summed E-state index contributed by atoms with van der Waals surface area (Å²) in [5, 5.41) is 1.87. The molecule has 0 aliphatic carbocycles. The fraction of sp³-hybridized carbons (Fsp3) is 0.281. The van der Waals surface area contributed by atoms with Gasteiger partial charge in [0.15, 0.2) is 4.80 Å². The highest BCUT2D eigenvalue weighted by molar-refractivity contribution is 7.07. The minimum atomic E-state index is -0.758. The molecule has 4 aromatic rings. The lowest BCUT2D eigenvalue weighted by Crippen LogP contribution is -2.40. The van der Waals surface area contributed by atoms with Crippen molar-refractivity contribution in [2.75, 3.05) is 13.7 Å². The molecule has 1 aromatic heterocycles. The van der Waals surface area contributed by atoms with Gasteiger partial charge in [-0.1, -0.05) is 86.7 Å². The lowest BCUT2D eigenvalue weighted by Gasteiger charge is -2.27. The Labute approximate surface area is 231 Å². The monoisotopic (exact) mass is 540 g/mol. The molecule has 0 N–H and O–H groups in total. The van der Waals surface area contributed by atoms with E-state index in [9.17, 15) is 9.59 Å². The van der Waals surface area contributed by atoms with Gasteiger partial charge < -0.3 is 9.47 Å². The molecule has 0 bridgehead atoms. The number of benzene rings is 3. The lowest BCUT2D eigenvalue weighted by atomic mass is 9.87. The third-order valence-electron chi connectivity index (χ3n) is 7.02. The summed E-state index contributed by atoms with van der Waals surface area (Å²) in [6, 6.07) is 19.2. The summed E-state index contributed by atoms with van der Waals surface area (Å²) < 4.78 is 13.4. The average Bonchev–Trinajstić information content (AvgIpc) is 3.21. The van der Waals surface area contributed by atoms with Crippen LogP contribution in [0.15, 0.2) is 81.7 Å². The van der Waals surface area contributed by atoms with E-state index in [1.807, 2.05) is 54.6 Å². The molecular weight excluding hydrogens is 508 g/mol. The highest BCUT2D eigenvalue weighted by atomic mass is 32.1. The van der Waals surface area contributed by atoms with Gasteiger partial charge in [-0.25, -0.2) is 9.79 Å². The number of carbonyl (C=O) groups excluding carboxylic acids is 1. The molecule has 1 atom stereocenters. The Balaban J connectivity index is 1.78. The van der Waals surface area contributed by atoms with Gasteiger partial charge in [0, 0.05) is 5.56 Å². The Hall–Kier alpha value is -3.97. The van der Waals surface area contributed by atoms with E-state index in [0.717, 1.165) is 21.9 Å². The van der Waals surface area contributed by atoms with Crippen molar-refractivity contribution in [1.82, 2.24) is 4.57 Å². The number of hydrogen-bond acceptors (Lipinski definition) is 6. The lowest BCUT2D eigenvalue weighted by molar-refractivity contribution is -0.139. The summed E-state index contributed by atoms with van der Waals surface area (Å²) in [6.07, 6.45) is 1.89. The first-order valence-electron chi connectivity index (χ1n) is 13.0. The van der Waals surface area contributed by atoms with E-state index < -0.39 is 12.0 Å². The molecule has 3 aromatic carbocycles. The zero-order valence-corrected chi connectivity index (χ0v) is 23.9. The van der Waals surface area contributed by atoms with Gasteiger partial charge in [-0.05, 0) is 53.3 Å². The highest BCUT2D eigenvalue weighted by Crippen LogP contribution is 2.40. The topological polar surface area (TPSA) is 69.9 Å². The second kappa shape index (κ2) is 10.3. The molecule has 39 heavy (non-hydrogen) atoms. The van der Waals surface area contributed by atoms with Crippen LogP contribution in [0.4, 0.5) is 0 Å². The molecule has 6 nitrogen and oxygen atoms in total. The Morgan fingerprint density at radius 2 is 1.79 bits per heavy atom. The van der Waals surface area contributed by atoms with Gasteiger partial charge in [0.1, 0.15) is 11.8 Å². The molecule has 0 radical (unpaired) electrons. The van der Waals surface area contributed by atoms with Crippen LogP contribution >= 0.6 is 11.3 Å². The van der Waals surface area contributed by atoms with Gasteiger partial charge in [0.2, 0.25) is 0 Å². The first-order chi connectivity index (χ1) is 18.6. The van der Waals surface area contributed by atoms with Gasteiger partial charge in [0.05, 0.1) is 29.5 Å². The van der Waals surface area contributed by atoms with Crippen LogP contribution in [-0.4, -0.2) is 24.3 Å². The van der Waals surface area contributed by atoms with E-state index in [-0.39, 0.29) is 17.6 Å². The van der Waals surface area contributed by atoms with E-state index in [2.05, 4.69) is 32.9 Å². The largest absolute Gasteiger partial charge is 0.496 e. The van der Waals surface area contributed by atoms with Crippen molar-refractivity contribution >= 4 is 34.2 Å². The van der Waals surface area contributed by atoms with Crippen molar-refractivity contribution in [3.8, 4) is 5.75 Å². The number of hydrogen-bond donors (Lipinski definition) is 0. The second-order valence-electron chi connectivity index (χ2n) is 10.6. The van der Waals surface area contributed by atoms with Crippen LogP contribution in [-0.2, 0) is 14.9 Å². The first kappa shape index (κ1) is 26.6. The third-order valence-corrected chi connectivity index (χ3v) is 8.00. The average molecular weight is 541 g/mol. The number of rotatable bonds is 5. The smallest absolute Gasteiger partial charge is 0.338 e. The van der Waals surface area contributed by atoms with Crippen LogP contribution in [0.3, 0.4) is 0 Å². The maximum atomic E-state index is 14.1. The van der Waals surface area contributed by atoms with E-state index >= 15 is 0 Å². The Morgan fingerprint density at radius 3 is 2.46 bits per heavy atom. The maximum Gasteiger partial charge on any atom is 0.338 e. The molecule has 0 amide bonds. The molecule has 7 heteroatoms. The van der Waals surface area contributed by atoms with Crippen LogP contribution in [0, 0.1) is 0 Å². The van der Waals surface area contributed by atoms with E-state index in [0.29, 0.717) is 26.4 Å². The fourth-order valence-electron chi connectivity index (χ4n) is 5.03. The molecule has 0 saturated heterocycles. The summed E-state index contributed by atoms with van der Waals surface area (Å²) in [5.41, 5.74) is 3.56. The van der Waals surface area contributed by atoms with Crippen molar-refractivity contribution in [3.63, 3.8) is 0 Å². The quantitative estimate of drug-likeness (QED) is 0.324. The number of allylic oxidation sites excluding steroid dienone is 1. The Bertz CT molecular complexity index is 1790. The van der Waals surface area contributed by atoms with Gasteiger partial charge in [-0.3, -0.25) is 9.36 Å². The van der Waals surface area contributed by atoms with E-state index in [1.54, 1.807) is 25.5 Å². The van der Waals surface area contributed by atoms with Crippen molar-refractivity contribution in [3.05, 3.63) is 108 Å². The van der Waals surface area contributed by atoms with Crippen molar-refractivity contribution < 1.29 is 14.3 Å². The molecule has 0 unspecified atom stereocenters. The SMILES string of the molecule is CCOC(=O)C1=C(C)N=c2s/c(=C\c3ccc(C(C)(C)C)cc3)c(=O)n2[C@@H]1c1c(OC)ccc2ccccc12. The summed E-state index contributed by atoms with van der Waals surface area (Å²) in [7, 11) is 1.60. The number of nitrogens with zero attached hydrogens (tertiary/aromatic N) is 2. The molecule has 0 saturated carbocycles. The maximum absolute atomic E-state index is 14.1. The second-order valence-corrected chi connectivity index (χ2v) is 11.6. The summed E-state index contributed by atoms with van der Waals surface area (Å²) in [4.78, 5) is 32.7. The minimum absolute atomic E-state index is 0.0381. The summed E-state index contributed by atoms with van der Waals surface area (Å²) in [5.74, 6) is 0.0910. The predicted molar refractivity (Wildman–Crippen MR) is 156 cm³/mol. The standard InChI is InChI=1S/C32H32N2O4S/c1-7-38-30(36)26-19(2)33-31-34(28(26)27-23-11-9-8-10-21(23)14-17-24(27)37-6)29(35)25(39-31)18-20-12-15-22(16-13-20)32(3,4)5/h8-18,28H,7H2,1-6H3/b25-18-/t28-/m0/s1. The summed E-state index contributed by atoms with van der Waals surface area (Å²) in [6.45, 7) is 10.3. The number of thiazole rings is 1. The highest BCUT2D eigenvalue weighted by Gasteiger charge is 2.36. The van der Waals surface area contributed by atoms with Crippen LogP contribution in [0.25, 0.3) is 16.8 Å². The van der Waals surface area contributed by atoms with Crippen LogP contribution in [0.5, 0.6) is 5.75 Å². The molecule has 0 fully saturated rings. The number of esters is 1.